The van der Waals surface area contributed by atoms with E-state index in [-0.39, 0.29) is 5.56 Å². The fourth-order valence-corrected chi connectivity index (χ4v) is 9.03. The van der Waals surface area contributed by atoms with Gasteiger partial charge in [0.25, 0.3) is 10.6 Å². The summed E-state index contributed by atoms with van der Waals surface area (Å²) in [6, 6.07) is 25.9. The molecule has 7 rings (SSSR count). The number of thiazole rings is 2. The number of allylic oxidation sites excluding steroid dienone is 1. The van der Waals surface area contributed by atoms with E-state index in [1.54, 1.807) is 34.4 Å². The number of thioether (sulfide) groups is 1. The summed E-state index contributed by atoms with van der Waals surface area (Å²) in [5.41, 5.74) is 2.54. The largest absolute Gasteiger partial charge is 0.550 e. The number of nitrogens with zero attached hydrogens (tertiary/aromatic N) is 3. The minimum atomic E-state index is -1.08. The number of aromatic nitrogens is 2. The smallest absolute Gasteiger partial charge is 0.269 e. The lowest BCUT2D eigenvalue weighted by molar-refractivity contribution is -0.642. The first-order valence-electron chi connectivity index (χ1n) is 14.4. The first kappa shape index (κ1) is 29.9. The molecule has 0 atom stereocenters. The molecule has 6 aromatic rings. The van der Waals surface area contributed by atoms with Crippen LogP contribution in [0.2, 0.25) is 0 Å². The van der Waals surface area contributed by atoms with Crippen LogP contribution in [0.15, 0.2) is 93.6 Å². The maximum atomic E-state index is 13.5. The summed E-state index contributed by atoms with van der Waals surface area (Å²) >= 11 is 5.12. The highest BCUT2D eigenvalue weighted by atomic mass is 32.2. The molecule has 0 amide bonds. The molecule has 222 valence electrons. The van der Waals surface area contributed by atoms with E-state index < -0.39 is 5.97 Å². The Morgan fingerprint density at radius 3 is 2.25 bits per heavy atom. The van der Waals surface area contributed by atoms with Crippen molar-refractivity contribution in [2.75, 3.05) is 11.4 Å². The van der Waals surface area contributed by atoms with Crippen molar-refractivity contribution in [3.8, 4) is 0 Å². The molecule has 2 aromatic heterocycles. The molecule has 6 nitrogen and oxygen atoms in total. The Bertz CT molecular complexity index is 2270. The maximum Gasteiger partial charge on any atom is 0.269 e. The summed E-state index contributed by atoms with van der Waals surface area (Å²) < 4.78 is 7.13. The Kier molecular flexibility index (Phi) is 8.44. The van der Waals surface area contributed by atoms with Gasteiger partial charge in [-0.15, -0.1) is 11.3 Å². The van der Waals surface area contributed by atoms with Crippen molar-refractivity contribution in [1.29, 1.82) is 0 Å². The van der Waals surface area contributed by atoms with Crippen molar-refractivity contribution in [1.82, 2.24) is 4.57 Å². The van der Waals surface area contributed by atoms with Crippen molar-refractivity contribution < 1.29 is 14.5 Å². The number of carboxylic acids is 1. The quantitative estimate of drug-likeness (QED) is 0.251. The van der Waals surface area contributed by atoms with Gasteiger partial charge < -0.3 is 14.8 Å². The van der Waals surface area contributed by atoms with E-state index in [1.165, 1.54) is 42.3 Å². The van der Waals surface area contributed by atoms with Crippen LogP contribution >= 0.6 is 34.4 Å². The number of anilines is 1. The normalized spacial score (nSPS) is 14.5. The molecule has 4 aromatic carbocycles. The van der Waals surface area contributed by atoms with E-state index in [1.807, 2.05) is 17.6 Å². The second kappa shape index (κ2) is 12.4. The lowest BCUT2D eigenvalue weighted by atomic mass is 10.1. The number of aryl methyl sites for hydroxylation is 1. The molecule has 1 aliphatic rings. The Labute approximate surface area is 267 Å². The fraction of sp³-hybridized carbons (Fsp3) is 0.171. The van der Waals surface area contributed by atoms with Crippen molar-refractivity contribution in [2.24, 2.45) is 7.05 Å². The highest BCUT2D eigenvalue weighted by Crippen LogP contribution is 2.49. The third kappa shape index (κ3) is 5.47. The zero-order valence-electron chi connectivity index (χ0n) is 24.9. The van der Waals surface area contributed by atoms with E-state index in [9.17, 15) is 4.79 Å². The van der Waals surface area contributed by atoms with Gasteiger partial charge in [0.15, 0.2) is 0 Å². The predicted molar refractivity (Wildman–Crippen MR) is 184 cm³/mol. The van der Waals surface area contributed by atoms with Crippen LogP contribution in [0.5, 0.6) is 0 Å². The first-order valence-corrected chi connectivity index (χ1v) is 16.8. The molecule has 1 aliphatic heterocycles. The summed E-state index contributed by atoms with van der Waals surface area (Å²) in [6.07, 6.45) is 6.30. The fourth-order valence-electron chi connectivity index (χ4n) is 5.54. The molecule has 9 heteroatoms. The molecule has 44 heavy (non-hydrogen) atoms. The van der Waals surface area contributed by atoms with Gasteiger partial charge in [-0.2, -0.15) is 4.57 Å². The number of carboxylic acid groups (broad SMARTS) is 1. The van der Waals surface area contributed by atoms with Gasteiger partial charge in [0.05, 0.1) is 21.3 Å². The minimum absolute atomic E-state index is 0.0684. The van der Waals surface area contributed by atoms with Crippen LogP contribution in [0.4, 0.5) is 5.69 Å². The highest BCUT2D eigenvalue weighted by molar-refractivity contribution is 8.03. The van der Waals surface area contributed by atoms with Crippen LogP contribution < -0.4 is 29.3 Å². The Balaban J connectivity index is 0.000000810. The van der Waals surface area contributed by atoms with E-state index >= 15 is 0 Å². The van der Waals surface area contributed by atoms with Gasteiger partial charge in [-0.05, 0) is 55.8 Å². The Morgan fingerprint density at radius 2 is 1.55 bits per heavy atom. The highest BCUT2D eigenvalue weighted by Gasteiger charge is 2.25. The summed E-state index contributed by atoms with van der Waals surface area (Å²) in [5.74, 6) is -1.08. The molecular formula is C35H31N3O3S3. The van der Waals surface area contributed by atoms with E-state index in [0.29, 0.717) is 6.54 Å². The average molecular weight is 638 g/mol. The second-order valence-corrected chi connectivity index (χ2v) is 13.4. The molecule has 0 saturated heterocycles. The van der Waals surface area contributed by atoms with Gasteiger partial charge >= 0.3 is 0 Å². The maximum absolute atomic E-state index is 13.5. The van der Waals surface area contributed by atoms with Gasteiger partial charge in [-0.1, -0.05) is 77.7 Å². The third-order valence-electron chi connectivity index (χ3n) is 7.56. The van der Waals surface area contributed by atoms with Crippen molar-refractivity contribution in [2.45, 2.75) is 32.2 Å². The SMILES string of the molecule is CC(=O)[O-].CCN1/C(=C/C=c2\s/c(=C/c3sc4c5ccccc5ccc4[n+]3C)n(CC)c2=O)Sc2ccc3ccccc3c21. The first-order chi connectivity index (χ1) is 21.3. The van der Waals surface area contributed by atoms with Crippen LogP contribution in [0.3, 0.4) is 0 Å². The monoisotopic (exact) mass is 637 g/mol. The third-order valence-corrected chi connectivity index (χ3v) is 11.0. The van der Waals surface area contributed by atoms with E-state index in [2.05, 4.69) is 108 Å². The van der Waals surface area contributed by atoms with Crippen LogP contribution in [-0.2, 0) is 18.4 Å². The van der Waals surface area contributed by atoms with Gasteiger partial charge in [-0.25, -0.2) is 0 Å². The van der Waals surface area contributed by atoms with Gasteiger partial charge in [0.2, 0.25) is 5.52 Å². The van der Waals surface area contributed by atoms with Crippen molar-refractivity contribution in [3.63, 3.8) is 0 Å². The Morgan fingerprint density at radius 1 is 0.886 bits per heavy atom. The second-order valence-electron chi connectivity index (χ2n) is 10.3. The van der Waals surface area contributed by atoms with E-state index in [0.717, 1.165) is 32.7 Å². The van der Waals surface area contributed by atoms with Crippen LogP contribution in [0.1, 0.15) is 25.8 Å². The lowest BCUT2D eigenvalue weighted by Gasteiger charge is -2.19. The average Bonchev–Trinajstić information content (AvgIpc) is 3.65. The number of hydrogen-bond donors (Lipinski definition) is 0. The standard InChI is InChI=1S/C33H28N3OS3.C2H4O2/c1-4-35-28(38-26-17-15-21-10-6-8-12-23(21)31(26)35)19-18-27-33(37)36(5-2)30(39-27)20-29-34(3)25-16-14-22-11-7-9-13-24(22)32(25)40-29;1-2(3)4/h6-20H,4-5H2,1-3H3;1H3,(H,3,4)/q+1;/p-1/b27-18-,28-19-;. The van der Waals surface area contributed by atoms with Gasteiger partial charge in [0.1, 0.15) is 16.4 Å². The van der Waals surface area contributed by atoms with Gasteiger partial charge in [-0.3, -0.25) is 9.36 Å². The number of carbonyl (C=O) groups excluding carboxylic acids is 1. The van der Waals surface area contributed by atoms with Gasteiger partial charge in [0, 0.05) is 40.8 Å². The van der Waals surface area contributed by atoms with Crippen LogP contribution in [0, 0.1) is 0 Å². The zero-order valence-corrected chi connectivity index (χ0v) is 27.3. The zero-order chi connectivity index (χ0) is 31.0. The topological polar surface area (TPSA) is 69.2 Å². The van der Waals surface area contributed by atoms with Crippen molar-refractivity contribution >= 4 is 90.0 Å². The summed E-state index contributed by atoms with van der Waals surface area (Å²) in [7, 11) is 2.11. The number of aliphatic carboxylic acids is 1. The lowest BCUT2D eigenvalue weighted by Crippen LogP contribution is -2.32. The molecule has 3 heterocycles. The number of hydrogen-bond acceptors (Lipinski definition) is 7. The molecule has 0 fully saturated rings. The van der Waals surface area contributed by atoms with Crippen molar-refractivity contribution in [3.05, 3.63) is 108 Å². The molecule has 0 aliphatic carbocycles. The predicted octanol–water partition coefficient (Wildman–Crippen LogP) is 5.11. The number of rotatable bonds is 4. The molecule has 0 bridgehead atoms. The van der Waals surface area contributed by atoms with Crippen LogP contribution in [0.25, 0.3) is 43.9 Å². The van der Waals surface area contributed by atoms with Crippen LogP contribution in [-0.4, -0.2) is 17.1 Å². The minimum Gasteiger partial charge on any atom is -0.550 e. The molecular weight excluding hydrogens is 607 g/mol. The number of carbonyl (C=O) groups is 1. The Hall–Kier alpha value is -4.18. The summed E-state index contributed by atoms with van der Waals surface area (Å²) in [6.45, 7) is 6.70. The molecule has 0 radical (unpaired) electrons. The summed E-state index contributed by atoms with van der Waals surface area (Å²) in [5, 5.41) is 16.2. The molecule has 0 unspecified atom stereocenters. The van der Waals surface area contributed by atoms with E-state index in [4.69, 9.17) is 9.90 Å². The molecule has 0 spiro atoms. The summed E-state index contributed by atoms with van der Waals surface area (Å²) in [4.78, 5) is 26.0. The number of fused-ring (bicyclic) bond motifs is 6. The molecule has 0 N–H and O–H groups in total. The molecule has 0 saturated carbocycles. The number of benzene rings is 4.